The van der Waals surface area contributed by atoms with Crippen LogP contribution in [0.5, 0.6) is 0 Å². The van der Waals surface area contributed by atoms with Crippen molar-refractivity contribution in [2.45, 2.75) is 19.4 Å². The topological polar surface area (TPSA) is 26.0 Å². The molecule has 0 aliphatic heterocycles. The highest BCUT2D eigenvalue weighted by Gasteiger charge is 2.07. The van der Waals surface area contributed by atoms with E-state index < -0.39 is 0 Å². The molecule has 18 heavy (non-hydrogen) atoms. The standard InChI is InChI=1S/C15H15ClFN/c1-2-15(18)11-5-3-10(4-6-11)13-8-7-12(17)9-14(13)16/h3-9,15H,2,18H2,1H3. The van der Waals surface area contributed by atoms with Crippen molar-refractivity contribution >= 4 is 11.6 Å². The lowest BCUT2D eigenvalue weighted by Crippen LogP contribution is -2.08. The second kappa shape index (κ2) is 5.51. The molecule has 0 fully saturated rings. The molecular weight excluding hydrogens is 249 g/mol. The van der Waals surface area contributed by atoms with Gasteiger partial charge in [-0.1, -0.05) is 42.8 Å². The van der Waals surface area contributed by atoms with Gasteiger partial charge in [-0.2, -0.15) is 0 Å². The molecule has 0 saturated carbocycles. The van der Waals surface area contributed by atoms with Crippen molar-refractivity contribution in [2.75, 3.05) is 0 Å². The molecule has 0 heterocycles. The first kappa shape index (κ1) is 13.1. The van der Waals surface area contributed by atoms with Gasteiger partial charge in [-0.3, -0.25) is 0 Å². The van der Waals surface area contributed by atoms with Crippen LogP contribution in [0.4, 0.5) is 4.39 Å². The fourth-order valence-corrected chi connectivity index (χ4v) is 2.15. The van der Waals surface area contributed by atoms with E-state index in [0.29, 0.717) is 5.02 Å². The van der Waals surface area contributed by atoms with Crippen molar-refractivity contribution in [2.24, 2.45) is 5.73 Å². The summed E-state index contributed by atoms with van der Waals surface area (Å²) in [6, 6.07) is 12.4. The van der Waals surface area contributed by atoms with Crippen LogP contribution in [-0.2, 0) is 0 Å². The van der Waals surface area contributed by atoms with Crippen LogP contribution in [0.1, 0.15) is 24.9 Å². The van der Waals surface area contributed by atoms with Crippen LogP contribution >= 0.6 is 11.6 Å². The van der Waals surface area contributed by atoms with Gasteiger partial charge in [-0.05, 0) is 35.7 Å². The van der Waals surface area contributed by atoms with Gasteiger partial charge < -0.3 is 5.73 Å². The smallest absolute Gasteiger partial charge is 0.124 e. The van der Waals surface area contributed by atoms with Crippen molar-refractivity contribution < 1.29 is 4.39 Å². The first-order valence-corrected chi connectivity index (χ1v) is 6.30. The van der Waals surface area contributed by atoms with Crippen LogP contribution in [0, 0.1) is 5.82 Å². The number of hydrogen-bond acceptors (Lipinski definition) is 1. The monoisotopic (exact) mass is 263 g/mol. The van der Waals surface area contributed by atoms with Crippen molar-refractivity contribution in [3.8, 4) is 11.1 Å². The summed E-state index contributed by atoms with van der Waals surface area (Å²) in [5.41, 5.74) is 8.85. The minimum Gasteiger partial charge on any atom is -0.324 e. The fraction of sp³-hybridized carbons (Fsp3) is 0.200. The van der Waals surface area contributed by atoms with E-state index in [1.54, 1.807) is 6.07 Å². The molecule has 1 unspecified atom stereocenters. The number of hydrogen-bond donors (Lipinski definition) is 1. The van der Waals surface area contributed by atoms with E-state index in [1.165, 1.54) is 12.1 Å². The van der Waals surface area contributed by atoms with Gasteiger partial charge in [0.2, 0.25) is 0 Å². The van der Waals surface area contributed by atoms with E-state index in [4.69, 9.17) is 17.3 Å². The Balaban J connectivity index is 2.34. The van der Waals surface area contributed by atoms with Gasteiger partial charge in [-0.25, -0.2) is 4.39 Å². The molecule has 0 saturated heterocycles. The molecular formula is C15H15ClFN. The van der Waals surface area contributed by atoms with Crippen LogP contribution in [0.2, 0.25) is 5.02 Å². The van der Waals surface area contributed by atoms with Crippen LogP contribution in [0.15, 0.2) is 42.5 Å². The van der Waals surface area contributed by atoms with Crippen molar-refractivity contribution in [3.05, 3.63) is 58.9 Å². The number of benzene rings is 2. The van der Waals surface area contributed by atoms with Crippen molar-refractivity contribution in [3.63, 3.8) is 0 Å². The van der Waals surface area contributed by atoms with E-state index in [-0.39, 0.29) is 11.9 Å². The zero-order valence-electron chi connectivity index (χ0n) is 10.2. The molecule has 0 aromatic heterocycles. The van der Waals surface area contributed by atoms with Gasteiger partial charge >= 0.3 is 0 Å². The average molecular weight is 264 g/mol. The minimum atomic E-state index is -0.326. The Labute approximate surface area is 111 Å². The zero-order valence-corrected chi connectivity index (χ0v) is 10.9. The van der Waals surface area contributed by atoms with Crippen LogP contribution in [0.3, 0.4) is 0 Å². The van der Waals surface area contributed by atoms with E-state index in [9.17, 15) is 4.39 Å². The Morgan fingerprint density at radius 3 is 2.39 bits per heavy atom. The lowest BCUT2D eigenvalue weighted by Gasteiger charge is -2.10. The third-order valence-electron chi connectivity index (χ3n) is 3.02. The number of rotatable bonds is 3. The minimum absolute atomic E-state index is 0.0581. The maximum Gasteiger partial charge on any atom is 0.124 e. The summed E-state index contributed by atoms with van der Waals surface area (Å²) in [6.07, 6.45) is 0.899. The molecule has 2 aromatic carbocycles. The molecule has 2 N–H and O–H groups in total. The van der Waals surface area contributed by atoms with E-state index in [0.717, 1.165) is 23.1 Å². The lowest BCUT2D eigenvalue weighted by atomic mass is 10.00. The summed E-state index contributed by atoms with van der Waals surface area (Å²) in [7, 11) is 0. The predicted octanol–water partition coefficient (Wildman–Crippen LogP) is 4.56. The third kappa shape index (κ3) is 2.71. The van der Waals surface area contributed by atoms with Crippen LogP contribution in [0.25, 0.3) is 11.1 Å². The van der Waals surface area contributed by atoms with Gasteiger partial charge in [0.15, 0.2) is 0 Å². The molecule has 0 bridgehead atoms. The van der Waals surface area contributed by atoms with Crippen molar-refractivity contribution in [1.29, 1.82) is 0 Å². The SMILES string of the molecule is CCC(N)c1ccc(-c2ccc(F)cc2Cl)cc1. The first-order chi connectivity index (χ1) is 8.61. The molecule has 0 amide bonds. The first-order valence-electron chi connectivity index (χ1n) is 5.92. The highest BCUT2D eigenvalue weighted by atomic mass is 35.5. The molecule has 0 spiro atoms. The van der Waals surface area contributed by atoms with Gasteiger partial charge in [0.05, 0.1) is 5.02 Å². The Morgan fingerprint density at radius 2 is 1.83 bits per heavy atom. The van der Waals surface area contributed by atoms with Gasteiger partial charge in [0, 0.05) is 11.6 Å². The Hall–Kier alpha value is -1.38. The molecule has 0 radical (unpaired) electrons. The van der Waals surface area contributed by atoms with Gasteiger partial charge in [-0.15, -0.1) is 0 Å². The normalized spacial score (nSPS) is 12.4. The second-order valence-electron chi connectivity index (χ2n) is 4.26. The zero-order chi connectivity index (χ0) is 13.1. The van der Waals surface area contributed by atoms with E-state index >= 15 is 0 Å². The second-order valence-corrected chi connectivity index (χ2v) is 4.67. The molecule has 3 heteroatoms. The largest absolute Gasteiger partial charge is 0.324 e. The highest BCUT2D eigenvalue weighted by Crippen LogP contribution is 2.29. The van der Waals surface area contributed by atoms with Crippen molar-refractivity contribution in [1.82, 2.24) is 0 Å². The molecule has 0 aliphatic carbocycles. The molecule has 2 aromatic rings. The summed E-state index contributed by atoms with van der Waals surface area (Å²) in [5, 5.41) is 0.419. The van der Waals surface area contributed by atoms with Crippen LogP contribution < -0.4 is 5.73 Å². The number of halogens is 2. The van der Waals surface area contributed by atoms with Crippen LogP contribution in [-0.4, -0.2) is 0 Å². The average Bonchev–Trinajstić information content (AvgIpc) is 2.38. The van der Waals surface area contributed by atoms with Gasteiger partial charge in [0.1, 0.15) is 5.82 Å². The van der Waals surface area contributed by atoms with E-state index in [2.05, 4.69) is 6.92 Å². The summed E-state index contributed by atoms with van der Waals surface area (Å²) in [6.45, 7) is 2.05. The summed E-state index contributed by atoms with van der Waals surface area (Å²) in [4.78, 5) is 0. The van der Waals surface area contributed by atoms with E-state index in [1.807, 2.05) is 24.3 Å². The summed E-state index contributed by atoms with van der Waals surface area (Å²) in [5.74, 6) is -0.326. The molecule has 94 valence electrons. The Kier molecular flexibility index (Phi) is 4.00. The maximum atomic E-state index is 13.0. The Bertz CT molecular complexity index is 537. The molecule has 1 atom stereocenters. The Morgan fingerprint density at radius 1 is 1.17 bits per heavy atom. The fourth-order valence-electron chi connectivity index (χ4n) is 1.87. The summed E-state index contributed by atoms with van der Waals surface area (Å²) < 4.78 is 13.0. The summed E-state index contributed by atoms with van der Waals surface area (Å²) >= 11 is 6.03. The number of nitrogens with two attached hydrogens (primary N) is 1. The van der Waals surface area contributed by atoms with Gasteiger partial charge in [0.25, 0.3) is 0 Å². The molecule has 2 rings (SSSR count). The third-order valence-corrected chi connectivity index (χ3v) is 3.33. The lowest BCUT2D eigenvalue weighted by molar-refractivity contribution is 0.628. The predicted molar refractivity (Wildman–Crippen MR) is 74.1 cm³/mol. The molecule has 0 aliphatic rings. The maximum absolute atomic E-state index is 13.0. The quantitative estimate of drug-likeness (QED) is 0.863. The highest BCUT2D eigenvalue weighted by molar-refractivity contribution is 6.33. The molecule has 1 nitrogen and oxygen atoms in total.